The Morgan fingerprint density at radius 3 is 2.81 bits per heavy atom. The predicted octanol–water partition coefficient (Wildman–Crippen LogP) is 1.65. The van der Waals surface area contributed by atoms with Gasteiger partial charge in [-0.05, 0) is 38.9 Å². The Balaban J connectivity index is 1.52. The van der Waals surface area contributed by atoms with Gasteiger partial charge in [0.05, 0.1) is 11.3 Å². The molecule has 0 unspecified atom stereocenters. The van der Waals surface area contributed by atoms with Crippen LogP contribution in [-0.2, 0) is 0 Å². The van der Waals surface area contributed by atoms with Crippen LogP contribution in [0.15, 0.2) is 16.7 Å². The number of nitriles is 1. The van der Waals surface area contributed by atoms with Gasteiger partial charge in [0.1, 0.15) is 17.8 Å². The van der Waals surface area contributed by atoms with Crippen molar-refractivity contribution in [2.45, 2.75) is 31.7 Å². The van der Waals surface area contributed by atoms with Crippen molar-refractivity contribution in [3.8, 4) is 6.07 Å². The highest BCUT2D eigenvalue weighted by Gasteiger charge is 2.35. The molecule has 0 spiro atoms. The molecular formula is C18H20N6O2. The Morgan fingerprint density at radius 1 is 1.31 bits per heavy atom. The number of pyridine rings is 1. The molecule has 8 nitrogen and oxygen atoms in total. The van der Waals surface area contributed by atoms with Crippen LogP contribution in [0, 0.1) is 18.3 Å². The van der Waals surface area contributed by atoms with Gasteiger partial charge < -0.3 is 9.42 Å². The van der Waals surface area contributed by atoms with E-state index in [1.807, 2.05) is 7.05 Å². The maximum atomic E-state index is 12.9. The van der Waals surface area contributed by atoms with Gasteiger partial charge in [0.2, 0.25) is 5.89 Å². The average molecular weight is 352 g/mol. The number of amides is 1. The van der Waals surface area contributed by atoms with Gasteiger partial charge in [-0.3, -0.25) is 9.69 Å². The molecule has 0 radical (unpaired) electrons. The van der Waals surface area contributed by atoms with E-state index in [1.165, 1.54) is 0 Å². The molecule has 1 atom stereocenters. The molecule has 1 aliphatic heterocycles. The summed E-state index contributed by atoms with van der Waals surface area (Å²) in [6.07, 6.45) is 2.24. The standard InChI is InChI=1S/C18H20N6O2/c1-11-13(9-19)5-6-14(20-11)18(25)24-8-7-23(2)15(10-24)17-21-16(22-26-17)12-3-4-12/h5-6,12,15H,3-4,7-8,10H2,1-2H3/t15-/m0/s1. The summed E-state index contributed by atoms with van der Waals surface area (Å²) in [7, 11) is 2.00. The van der Waals surface area contributed by atoms with E-state index in [-0.39, 0.29) is 11.9 Å². The fraction of sp³-hybridized carbons (Fsp3) is 0.500. The van der Waals surface area contributed by atoms with Crippen LogP contribution in [0.3, 0.4) is 0 Å². The minimum atomic E-state index is -0.141. The van der Waals surface area contributed by atoms with E-state index in [4.69, 9.17) is 9.78 Å². The lowest BCUT2D eigenvalue weighted by molar-refractivity contribution is 0.0483. The highest BCUT2D eigenvalue weighted by Crippen LogP contribution is 2.38. The predicted molar refractivity (Wildman–Crippen MR) is 91.2 cm³/mol. The number of aryl methyl sites for hydroxylation is 1. The van der Waals surface area contributed by atoms with Crippen molar-refractivity contribution in [3.05, 3.63) is 40.8 Å². The molecule has 1 saturated carbocycles. The van der Waals surface area contributed by atoms with Gasteiger partial charge in [0.25, 0.3) is 5.91 Å². The molecule has 2 aliphatic rings. The zero-order valence-corrected chi connectivity index (χ0v) is 14.8. The first-order chi connectivity index (χ1) is 12.6. The third-order valence-electron chi connectivity index (χ3n) is 5.05. The Morgan fingerprint density at radius 2 is 2.12 bits per heavy atom. The lowest BCUT2D eigenvalue weighted by Crippen LogP contribution is -2.49. The largest absolute Gasteiger partial charge is 0.338 e. The third kappa shape index (κ3) is 3.06. The number of carbonyl (C=O) groups is 1. The molecule has 2 fully saturated rings. The molecule has 26 heavy (non-hydrogen) atoms. The molecule has 2 aromatic heterocycles. The van der Waals surface area contributed by atoms with Crippen LogP contribution < -0.4 is 0 Å². The van der Waals surface area contributed by atoms with Gasteiger partial charge in [-0.1, -0.05) is 5.16 Å². The minimum Gasteiger partial charge on any atom is -0.338 e. The fourth-order valence-electron chi connectivity index (χ4n) is 3.18. The molecule has 1 amide bonds. The van der Waals surface area contributed by atoms with Crippen molar-refractivity contribution < 1.29 is 9.32 Å². The molecule has 8 heteroatoms. The molecule has 3 heterocycles. The first-order valence-electron chi connectivity index (χ1n) is 8.77. The van der Waals surface area contributed by atoms with Crippen molar-refractivity contribution in [1.29, 1.82) is 5.26 Å². The van der Waals surface area contributed by atoms with Crippen LogP contribution in [0.2, 0.25) is 0 Å². The molecular weight excluding hydrogens is 332 g/mol. The molecule has 1 saturated heterocycles. The summed E-state index contributed by atoms with van der Waals surface area (Å²) in [5, 5.41) is 13.1. The van der Waals surface area contributed by atoms with E-state index in [0.29, 0.717) is 48.4 Å². The monoisotopic (exact) mass is 352 g/mol. The average Bonchev–Trinajstić information content (AvgIpc) is 3.39. The first-order valence-corrected chi connectivity index (χ1v) is 8.77. The van der Waals surface area contributed by atoms with Crippen molar-refractivity contribution in [1.82, 2.24) is 24.9 Å². The molecule has 0 aromatic carbocycles. The van der Waals surface area contributed by atoms with Gasteiger partial charge in [-0.15, -0.1) is 0 Å². The summed E-state index contributed by atoms with van der Waals surface area (Å²) in [5.41, 5.74) is 1.40. The number of carbonyl (C=O) groups excluding carboxylic acids is 1. The number of rotatable bonds is 3. The lowest BCUT2D eigenvalue weighted by atomic mass is 10.1. The topological polar surface area (TPSA) is 99.2 Å². The van der Waals surface area contributed by atoms with E-state index >= 15 is 0 Å². The van der Waals surface area contributed by atoms with E-state index in [0.717, 1.165) is 18.7 Å². The van der Waals surface area contributed by atoms with E-state index in [9.17, 15) is 4.79 Å². The molecule has 2 aromatic rings. The number of likely N-dealkylation sites (N-methyl/N-ethyl adjacent to an activating group) is 1. The highest BCUT2D eigenvalue weighted by atomic mass is 16.5. The van der Waals surface area contributed by atoms with Crippen LogP contribution in [0.4, 0.5) is 0 Å². The molecule has 134 valence electrons. The quantitative estimate of drug-likeness (QED) is 0.828. The number of nitrogens with zero attached hydrogens (tertiary/aromatic N) is 6. The minimum absolute atomic E-state index is 0.118. The molecule has 0 N–H and O–H groups in total. The summed E-state index contributed by atoms with van der Waals surface area (Å²) in [5.74, 6) is 1.64. The maximum absolute atomic E-state index is 12.9. The molecule has 4 rings (SSSR count). The smallest absolute Gasteiger partial charge is 0.272 e. The fourth-order valence-corrected chi connectivity index (χ4v) is 3.18. The number of hydrogen-bond acceptors (Lipinski definition) is 7. The Bertz CT molecular complexity index is 882. The summed E-state index contributed by atoms with van der Waals surface area (Å²) < 4.78 is 5.47. The van der Waals surface area contributed by atoms with Crippen LogP contribution >= 0.6 is 0 Å². The van der Waals surface area contributed by atoms with Crippen LogP contribution in [0.5, 0.6) is 0 Å². The summed E-state index contributed by atoms with van der Waals surface area (Å²) in [4.78, 5) is 25.6. The van der Waals surface area contributed by atoms with Gasteiger partial charge in [0, 0.05) is 25.6 Å². The summed E-state index contributed by atoms with van der Waals surface area (Å²) >= 11 is 0. The van der Waals surface area contributed by atoms with Gasteiger partial charge >= 0.3 is 0 Å². The Hall–Kier alpha value is -2.79. The van der Waals surface area contributed by atoms with Crippen LogP contribution in [-0.4, -0.2) is 57.5 Å². The van der Waals surface area contributed by atoms with E-state index in [1.54, 1.807) is 24.0 Å². The normalized spacial score (nSPS) is 20.8. The zero-order chi connectivity index (χ0) is 18.3. The Labute approximate surface area is 151 Å². The summed E-state index contributed by atoms with van der Waals surface area (Å²) in [6, 6.07) is 5.20. The second kappa shape index (κ2) is 6.50. The van der Waals surface area contributed by atoms with Crippen molar-refractivity contribution in [3.63, 3.8) is 0 Å². The van der Waals surface area contributed by atoms with Gasteiger partial charge in [-0.2, -0.15) is 10.2 Å². The van der Waals surface area contributed by atoms with Crippen molar-refractivity contribution in [2.24, 2.45) is 0 Å². The van der Waals surface area contributed by atoms with Gasteiger partial charge in [0.15, 0.2) is 5.82 Å². The highest BCUT2D eigenvalue weighted by molar-refractivity contribution is 5.92. The van der Waals surface area contributed by atoms with E-state index in [2.05, 4.69) is 26.1 Å². The second-order valence-electron chi connectivity index (χ2n) is 6.95. The first kappa shape index (κ1) is 16.7. The zero-order valence-electron chi connectivity index (χ0n) is 14.8. The van der Waals surface area contributed by atoms with E-state index < -0.39 is 0 Å². The third-order valence-corrected chi connectivity index (χ3v) is 5.05. The number of hydrogen-bond donors (Lipinski definition) is 0. The molecule has 0 bridgehead atoms. The summed E-state index contributed by atoms with van der Waals surface area (Å²) in [6.45, 7) is 3.53. The van der Waals surface area contributed by atoms with Crippen molar-refractivity contribution in [2.75, 3.05) is 26.7 Å². The second-order valence-corrected chi connectivity index (χ2v) is 6.95. The lowest BCUT2D eigenvalue weighted by Gasteiger charge is -2.37. The number of piperazine rings is 1. The van der Waals surface area contributed by atoms with Crippen molar-refractivity contribution >= 4 is 5.91 Å². The van der Waals surface area contributed by atoms with Crippen LogP contribution in [0.25, 0.3) is 0 Å². The Kier molecular flexibility index (Phi) is 4.17. The number of aromatic nitrogens is 3. The SMILES string of the molecule is Cc1nc(C(=O)N2CCN(C)[C@H](c3nc(C4CC4)no3)C2)ccc1C#N. The molecule has 1 aliphatic carbocycles. The maximum Gasteiger partial charge on any atom is 0.272 e. The van der Waals surface area contributed by atoms with Crippen LogP contribution in [0.1, 0.15) is 58.3 Å². The van der Waals surface area contributed by atoms with Gasteiger partial charge in [-0.25, -0.2) is 4.98 Å².